The van der Waals surface area contributed by atoms with Gasteiger partial charge in [-0.25, -0.2) is 0 Å². The molecule has 1 N–H and O–H groups in total. The van der Waals surface area contributed by atoms with Crippen molar-refractivity contribution in [1.82, 2.24) is 5.32 Å². The first kappa shape index (κ1) is 9.96. The molecule has 0 radical (unpaired) electrons. The third-order valence-corrected chi connectivity index (χ3v) is 2.91. The molecule has 66 valence electrons. The molecule has 1 rings (SSSR count). The van der Waals surface area contributed by atoms with E-state index in [0.29, 0.717) is 6.04 Å². The number of hydrogen-bond donors (Lipinski definition) is 1. The summed E-state index contributed by atoms with van der Waals surface area (Å²) in [6.45, 7) is 6.74. The highest BCUT2D eigenvalue weighted by Crippen LogP contribution is 2.18. The van der Waals surface area contributed by atoms with Crippen LogP contribution >= 0.6 is 27.3 Å². The lowest BCUT2D eigenvalue weighted by Crippen LogP contribution is -2.18. The van der Waals surface area contributed by atoms with Gasteiger partial charge in [0.05, 0.1) is 0 Å². The molecule has 12 heavy (non-hydrogen) atoms. The average molecular weight is 246 g/mol. The molecule has 1 unspecified atom stereocenters. The standard InChI is InChI=1S/C9H12BrNS/c1-7(10)6-11-8(2)9-4-3-5-12-9/h3-5,8,11H,1,6H2,2H3. The summed E-state index contributed by atoms with van der Waals surface area (Å²) in [7, 11) is 0. The van der Waals surface area contributed by atoms with Crippen LogP contribution in [0.15, 0.2) is 28.6 Å². The predicted molar refractivity (Wildman–Crippen MR) is 58.8 cm³/mol. The van der Waals surface area contributed by atoms with E-state index in [4.69, 9.17) is 0 Å². The topological polar surface area (TPSA) is 12.0 Å². The predicted octanol–water partition coefficient (Wildman–Crippen LogP) is 3.31. The van der Waals surface area contributed by atoms with Crippen molar-refractivity contribution in [3.8, 4) is 0 Å². The number of hydrogen-bond acceptors (Lipinski definition) is 2. The van der Waals surface area contributed by atoms with Crippen LogP contribution in [0, 0.1) is 0 Å². The third kappa shape index (κ3) is 3.09. The molecular formula is C9H12BrNS. The van der Waals surface area contributed by atoms with Gasteiger partial charge < -0.3 is 5.32 Å². The second kappa shape index (κ2) is 4.80. The van der Waals surface area contributed by atoms with Crippen molar-refractivity contribution in [2.75, 3.05) is 6.54 Å². The molecular weight excluding hydrogens is 234 g/mol. The van der Waals surface area contributed by atoms with E-state index < -0.39 is 0 Å². The van der Waals surface area contributed by atoms with E-state index in [1.165, 1.54) is 4.88 Å². The van der Waals surface area contributed by atoms with Crippen LogP contribution in [-0.2, 0) is 0 Å². The Morgan fingerprint density at radius 1 is 1.83 bits per heavy atom. The fourth-order valence-corrected chi connectivity index (χ4v) is 1.82. The maximum absolute atomic E-state index is 3.77. The van der Waals surface area contributed by atoms with E-state index in [1.807, 2.05) is 0 Å². The van der Waals surface area contributed by atoms with Crippen LogP contribution in [0.1, 0.15) is 17.8 Å². The van der Waals surface area contributed by atoms with E-state index in [-0.39, 0.29) is 0 Å². The normalized spacial score (nSPS) is 12.8. The van der Waals surface area contributed by atoms with Crippen molar-refractivity contribution in [2.24, 2.45) is 0 Å². The summed E-state index contributed by atoms with van der Waals surface area (Å²) in [5.41, 5.74) is 0. The van der Waals surface area contributed by atoms with Crippen LogP contribution in [0.3, 0.4) is 0 Å². The molecule has 1 aromatic heterocycles. The zero-order chi connectivity index (χ0) is 8.97. The molecule has 0 aliphatic carbocycles. The molecule has 3 heteroatoms. The van der Waals surface area contributed by atoms with Gasteiger partial charge in [0.25, 0.3) is 0 Å². The minimum atomic E-state index is 0.416. The van der Waals surface area contributed by atoms with Crippen molar-refractivity contribution < 1.29 is 0 Å². The molecule has 1 atom stereocenters. The Morgan fingerprint density at radius 2 is 2.58 bits per heavy atom. The van der Waals surface area contributed by atoms with Gasteiger partial charge in [-0.15, -0.1) is 11.3 Å². The fourth-order valence-electron chi connectivity index (χ4n) is 0.902. The Morgan fingerprint density at radius 3 is 3.08 bits per heavy atom. The molecule has 0 fully saturated rings. The Labute approximate surface area is 85.6 Å². The lowest BCUT2D eigenvalue weighted by molar-refractivity contribution is 0.626. The van der Waals surface area contributed by atoms with Crippen molar-refractivity contribution in [2.45, 2.75) is 13.0 Å². The summed E-state index contributed by atoms with van der Waals surface area (Å²) in [6.07, 6.45) is 0. The monoisotopic (exact) mass is 245 g/mol. The van der Waals surface area contributed by atoms with Crippen LogP contribution in [0.5, 0.6) is 0 Å². The van der Waals surface area contributed by atoms with Gasteiger partial charge in [-0.2, -0.15) is 0 Å². The van der Waals surface area contributed by atoms with Gasteiger partial charge in [0.2, 0.25) is 0 Å². The molecule has 0 saturated heterocycles. The molecule has 0 bridgehead atoms. The summed E-state index contributed by atoms with van der Waals surface area (Å²) in [5, 5.41) is 5.44. The second-order valence-electron chi connectivity index (χ2n) is 2.64. The van der Waals surface area contributed by atoms with Crippen molar-refractivity contribution in [1.29, 1.82) is 0 Å². The smallest absolute Gasteiger partial charge is 0.0388 e. The summed E-state index contributed by atoms with van der Waals surface area (Å²) < 4.78 is 0.992. The first-order valence-electron chi connectivity index (χ1n) is 3.80. The lowest BCUT2D eigenvalue weighted by Gasteiger charge is -2.10. The summed E-state index contributed by atoms with van der Waals surface area (Å²) in [6, 6.07) is 4.62. The maximum atomic E-state index is 3.77. The Kier molecular flexibility index (Phi) is 3.98. The molecule has 0 spiro atoms. The van der Waals surface area contributed by atoms with Crippen LogP contribution < -0.4 is 5.32 Å². The van der Waals surface area contributed by atoms with E-state index in [2.05, 4.69) is 52.3 Å². The van der Waals surface area contributed by atoms with Crippen LogP contribution in [0.25, 0.3) is 0 Å². The zero-order valence-electron chi connectivity index (χ0n) is 7.01. The van der Waals surface area contributed by atoms with Gasteiger partial charge >= 0.3 is 0 Å². The largest absolute Gasteiger partial charge is 0.305 e. The quantitative estimate of drug-likeness (QED) is 0.859. The van der Waals surface area contributed by atoms with Crippen molar-refractivity contribution in [3.05, 3.63) is 33.5 Å². The number of halogens is 1. The number of nitrogens with one attached hydrogen (secondary N) is 1. The van der Waals surface area contributed by atoms with Crippen LogP contribution in [-0.4, -0.2) is 6.54 Å². The molecule has 1 heterocycles. The minimum Gasteiger partial charge on any atom is -0.305 e. The molecule has 0 aromatic carbocycles. The third-order valence-electron chi connectivity index (χ3n) is 1.57. The number of rotatable bonds is 4. The highest BCUT2D eigenvalue weighted by atomic mass is 79.9. The summed E-state index contributed by atoms with van der Waals surface area (Å²) in [4.78, 5) is 1.36. The van der Waals surface area contributed by atoms with Gasteiger partial charge in [-0.3, -0.25) is 0 Å². The van der Waals surface area contributed by atoms with E-state index >= 15 is 0 Å². The van der Waals surface area contributed by atoms with Crippen molar-refractivity contribution >= 4 is 27.3 Å². The Bertz CT molecular complexity index is 243. The average Bonchev–Trinajstić information content (AvgIpc) is 2.51. The molecule has 1 nitrogen and oxygen atoms in total. The summed E-state index contributed by atoms with van der Waals surface area (Å²) >= 11 is 5.09. The Balaban J connectivity index is 2.39. The fraction of sp³-hybridized carbons (Fsp3) is 0.333. The Hall–Kier alpha value is -0.120. The molecule has 0 aliphatic rings. The SMILES string of the molecule is C=C(Br)CNC(C)c1cccs1. The van der Waals surface area contributed by atoms with Gasteiger partial charge in [0, 0.05) is 21.9 Å². The second-order valence-corrected chi connectivity index (χ2v) is 4.74. The number of thiophene rings is 1. The minimum absolute atomic E-state index is 0.416. The van der Waals surface area contributed by atoms with Gasteiger partial charge in [-0.1, -0.05) is 28.6 Å². The molecule has 0 amide bonds. The van der Waals surface area contributed by atoms with Crippen LogP contribution in [0.2, 0.25) is 0 Å². The first-order valence-corrected chi connectivity index (χ1v) is 5.47. The zero-order valence-corrected chi connectivity index (χ0v) is 9.41. The molecule has 1 aromatic rings. The van der Waals surface area contributed by atoms with Gasteiger partial charge in [0.1, 0.15) is 0 Å². The van der Waals surface area contributed by atoms with E-state index in [9.17, 15) is 0 Å². The van der Waals surface area contributed by atoms with E-state index in [0.717, 1.165) is 11.0 Å². The van der Waals surface area contributed by atoms with Crippen LogP contribution in [0.4, 0.5) is 0 Å². The molecule has 0 saturated carbocycles. The van der Waals surface area contributed by atoms with Gasteiger partial charge in [0.15, 0.2) is 0 Å². The highest BCUT2D eigenvalue weighted by Gasteiger charge is 2.04. The lowest BCUT2D eigenvalue weighted by atomic mass is 10.3. The summed E-state index contributed by atoms with van der Waals surface area (Å²) in [5.74, 6) is 0. The highest BCUT2D eigenvalue weighted by molar-refractivity contribution is 9.11. The maximum Gasteiger partial charge on any atom is 0.0388 e. The first-order chi connectivity index (χ1) is 5.70. The van der Waals surface area contributed by atoms with Gasteiger partial charge in [-0.05, 0) is 18.4 Å². The molecule has 0 aliphatic heterocycles. The van der Waals surface area contributed by atoms with E-state index in [1.54, 1.807) is 11.3 Å². The van der Waals surface area contributed by atoms with Crippen molar-refractivity contribution in [3.63, 3.8) is 0 Å².